The normalized spacial score (nSPS) is 13.1. The first-order valence-corrected chi connectivity index (χ1v) is 6.68. The summed E-state index contributed by atoms with van der Waals surface area (Å²) < 4.78 is 0. The number of hydrogen-bond acceptors (Lipinski definition) is 3. The van der Waals surface area contributed by atoms with E-state index in [9.17, 15) is 5.11 Å². The Morgan fingerprint density at radius 3 is 2.62 bits per heavy atom. The van der Waals surface area contributed by atoms with Crippen LogP contribution < -0.4 is 5.32 Å². The maximum atomic E-state index is 9.77. The number of nitrogens with one attached hydrogen (secondary N) is 1. The molecule has 0 aliphatic heterocycles. The minimum atomic E-state index is -0.285. The van der Waals surface area contributed by atoms with Gasteiger partial charge in [0, 0.05) is 23.2 Å². The molecular formula is C13H21NOS. The van der Waals surface area contributed by atoms with Crippen molar-refractivity contribution < 1.29 is 5.11 Å². The molecule has 0 radical (unpaired) electrons. The molecule has 16 heavy (non-hydrogen) atoms. The van der Waals surface area contributed by atoms with Gasteiger partial charge in [0.2, 0.25) is 0 Å². The number of benzene rings is 1. The predicted octanol–water partition coefficient (Wildman–Crippen LogP) is 2.45. The van der Waals surface area contributed by atoms with Crippen molar-refractivity contribution in [2.75, 3.05) is 12.3 Å². The molecule has 0 aliphatic rings. The number of hydrogen-bond donors (Lipinski definition) is 2. The van der Waals surface area contributed by atoms with Gasteiger partial charge in [-0.3, -0.25) is 0 Å². The van der Waals surface area contributed by atoms with Crippen molar-refractivity contribution in [3.63, 3.8) is 0 Å². The van der Waals surface area contributed by atoms with Crippen molar-refractivity contribution in [3.05, 3.63) is 29.8 Å². The number of aryl methyl sites for hydroxylation is 1. The summed E-state index contributed by atoms with van der Waals surface area (Å²) in [5.41, 5.74) is 1.27. The van der Waals surface area contributed by atoms with Gasteiger partial charge >= 0.3 is 0 Å². The molecule has 0 heterocycles. The number of aliphatic hydroxyl groups is 1. The van der Waals surface area contributed by atoms with Gasteiger partial charge in [-0.1, -0.05) is 32.0 Å². The average Bonchev–Trinajstić information content (AvgIpc) is 2.25. The minimum Gasteiger partial charge on any atom is -0.391 e. The fourth-order valence-electron chi connectivity index (χ4n) is 1.34. The first-order valence-electron chi connectivity index (χ1n) is 5.69. The Kier molecular flexibility index (Phi) is 5.88. The average molecular weight is 239 g/mol. The zero-order valence-electron chi connectivity index (χ0n) is 10.2. The van der Waals surface area contributed by atoms with Gasteiger partial charge in [-0.15, -0.1) is 11.8 Å². The highest BCUT2D eigenvalue weighted by Gasteiger charge is 2.06. The van der Waals surface area contributed by atoms with E-state index in [1.165, 1.54) is 10.5 Å². The van der Waals surface area contributed by atoms with E-state index in [1.807, 2.05) is 12.1 Å². The maximum Gasteiger partial charge on any atom is 0.0758 e. The van der Waals surface area contributed by atoms with Crippen molar-refractivity contribution in [1.29, 1.82) is 0 Å². The lowest BCUT2D eigenvalue weighted by Crippen LogP contribution is -2.33. The summed E-state index contributed by atoms with van der Waals surface area (Å²) in [5.74, 6) is 0.741. The van der Waals surface area contributed by atoms with E-state index < -0.39 is 0 Å². The van der Waals surface area contributed by atoms with E-state index in [4.69, 9.17) is 0 Å². The molecule has 0 saturated carbocycles. The third-order valence-corrected chi connectivity index (χ3v) is 3.61. The van der Waals surface area contributed by atoms with Crippen molar-refractivity contribution in [2.24, 2.45) is 0 Å². The molecule has 2 N–H and O–H groups in total. The fourth-order valence-corrected chi connectivity index (χ4v) is 2.30. The molecule has 2 nitrogen and oxygen atoms in total. The van der Waals surface area contributed by atoms with E-state index in [0.717, 1.165) is 5.75 Å². The van der Waals surface area contributed by atoms with Gasteiger partial charge in [-0.05, 0) is 18.6 Å². The van der Waals surface area contributed by atoms with Crippen LogP contribution in [-0.4, -0.2) is 29.5 Å². The summed E-state index contributed by atoms with van der Waals surface area (Å²) in [5, 5.41) is 13.0. The second-order valence-electron chi connectivity index (χ2n) is 4.29. The Hall–Kier alpha value is -0.510. The molecule has 1 atom stereocenters. The van der Waals surface area contributed by atoms with Crippen molar-refractivity contribution in [1.82, 2.24) is 5.32 Å². The molecule has 3 heteroatoms. The molecule has 1 unspecified atom stereocenters. The SMILES string of the molecule is Cc1ccccc1SCC(O)CNC(C)C. The van der Waals surface area contributed by atoms with Crippen LogP contribution >= 0.6 is 11.8 Å². The summed E-state index contributed by atoms with van der Waals surface area (Å²) in [6, 6.07) is 8.70. The monoisotopic (exact) mass is 239 g/mol. The highest BCUT2D eigenvalue weighted by Crippen LogP contribution is 2.22. The Morgan fingerprint density at radius 2 is 2.00 bits per heavy atom. The number of rotatable bonds is 6. The van der Waals surface area contributed by atoms with Crippen LogP contribution in [0.4, 0.5) is 0 Å². The van der Waals surface area contributed by atoms with Crippen LogP contribution in [0.15, 0.2) is 29.2 Å². The van der Waals surface area contributed by atoms with Gasteiger partial charge in [0.05, 0.1) is 6.10 Å². The van der Waals surface area contributed by atoms with Crippen LogP contribution in [0.1, 0.15) is 19.4 Å². The van der Waals surface area contributed by atoms with Crippen molar-refractivity contribution >= 4 is 11.8 Å². The Bertz CT molecular complexity index is 315. The van der Waals surface area contributed by atoms with E-state index >= 15 is 0 Å². The van der Waals surface area contributed by atoms with Crippen molar-refractivity contribution in [3.8, 4) is 0 Å². The zero-order chi connectivity index (χ0) is 12.0. The zero-order valence-corrected chi connectivity index (χ0v) is 11.1. The van der Waals surface area contributed by atoms with Gasteiger partial charge < -0.3 is 10.4 Å². The fraction of sp³-hybridized carbons (Fsp3) is 0.538. The molecular weight excluding hydrogens is 218 g/mol. The molecule has 1 rings (SSSR count). The highest BCUT2D eigenvalue weighted by atomic mass is 32.2. The molecule has 90 valence electrons. The van der Waals surface area contributed by atoms with Crippen LogP contribution in [0.3, 0.4) is 0 Å². The Labute approximate surface area is 102 Å². The highest BCUT2D eigenvalue weighted by molar-refractivity contribution is 7.99. The first-order chi connectivity index (χ1) is 7.59. The molecule has 0 aliphatic carbocycles. The van der Waals surface area contributed by atoms with E-state index in [2.05, 4.69) is 38.2 Å². The summed E-state index contributed by atoms with van der Waals surface area (Å²) in [6.45, 7) is 6.93. The number of thioether (sulfide) groups is 1. The lowest BCUT2D eigenvalue weighted by Gasteiger charge is -2.14. The Morgan fingerprint density at radius 1 is 1.31 bits per heavy atom. The first kappa shape index (κ1) is 13.6. The quantitative estimate of drug-likeness (QED) is 0.748. The van der Waals surface area contributed by atoms with Gasteiger partial charge in [0.25, 0.3) is 0 Å². The second-order valence-corrected chi connectivity index (χ2v) is 5.36. The topological polar surface area (TPSA) is 32.3 Å². The van der Waals surface area contributed by atoms with E-state index in [0.29, 0.717) is 12.6 Å². The van der Waals surface area contributed by atoms with Gasteiger partial charge in [0.1, 0.15) is 0 Å². The lowest BCUT2D eigenvalue weighted by atomic mass is 10.2. The van der Waals surface area contributed by atoms with E-state index in [-0.39, 0.29) is 6.10 Å². The number of aliphatic hydroxyl groups excluding tert-OH is 1. The molecule has 0 aromatic heterocycles. The third-order valence-electron chi connectivity index (χ3n) is 2.29. The predicted molar refractivity (Wildman–Crippen MR) is 71.0 cm³/mol. The standard InChI is InChI=1S/C13H21NOS/c1-10(2)14-8-12(15)9-16-13-7-5-4-6-11(13)3/h4-7,10,12,14-15H,8-9H2,1-3H3. The van der Waals surface area contributed by atoms with Crippen LogP contribution in [0, 0.1) is 6.92 Å². The Balaban J connectivity index is 2.31. The smallest absolute Gasteiger partial charge is 0.0758 e. The lowest BCUT2D eigenvalue weighted by molar-refractivity contribution is 0.192. The summed E-state index contributed by atoms with van der Waals surface area (Å²) >= 11 is 1.72. The molecule has 0 amide bonds. The molecule has 0 spiro atoms. The maximum absolute atomic E-state index is 9.77. The molecule has 1 aromatic carbocycles. The molecule has 0 bridgehead atoms. The largest absolute Gasteiger partial charge is 0.391 e. The molecule has 1 aromatic rings. The third kappa shape index (κ3) is 5.01. The van der Waals surface area contributed by atoms with Gasteiger partial charge in [-0.2, -0.15) is 0 Å². The van der Waals surface area contributed by atoms with Crippen LogP contribution in [0.25, 0.3) is 0 Å². The second kappa shape index (κ2) is 6.94. The van der Waals surface area contributed by atoms with Gasteiger partial charge in [0.15, 0.2) is 0 Å². The minimum absolute atomic E-state index is 0.285. The molecule has 0 fully saturated rings. The summed E-state index contributed by atoms with van der Waals surface area (Å²) in [6.07, 6.45) is -0.285. The summed E-state index contributed by atoms with van der Waals surface area (Å²) in [4.78, 5) is 1.26. The molecule has 0 saturated heterocycles. The van der Waals surface area contributed by atoms with Crippen LogP contribution in [0.5, 0.6) is 0 Å². The van der Waals surface area contributed by atoms with Crippen LogP contribution in [0.2, 0.25) is 0 Å². The van der Waals surface area contributed by atoms with Crippen molar-refractivity contribution in [2.45, 2.75) is 37.8 Å². The summed E-state index contributed by atoms with van der Waals surface area (Å²) in [7, 11) is 0. The van der Waals surface area contributed by atoms with Crippen LogP contribution in [-0.2, 0) is 0 Å². The van der Waals surface area contributed by atoms with Gasteiger partial charge in [-0.25, -0.2) is 0 Å². The van der Waals surface area contributed by atoms with E-state index in [1.54, 1.807) is 11.8 Å².